The Morgan fingerprint density at radius 2 is 2.21 bits per heavy atom. The fourth-order valence-corrected chi connectivity index (χ4v) is 1.83. The van der Waals surface area contributed by atoms with Gasteiger partial charge in [-0.25, -0.2) is 4.79 Å². The summed E-state index contributed by atoms with van der Waals surface area (Å²) in [6, 6.07) is 0. The summed E-state index contributed by atoms with van der Waals surface area (Å²) in [5, 5.41) is 0. The lowest BCUT2D eigenvalue weighted by Gasteiger charge is -2.28. The Labute approximate surface area is 86.4 Å². The SMILES string of the molecule is CCOC(=O)N1CCC(C)(C(C)C)C1. The van der Waals surface area contributed by atoms with Crippen molar-refractivity contribution < 1.29 is 9.53 Å². The molecule has 1 rings (SSSR count). The molecule has 1 heterocycles. The molecule has 0 aromatic carbocycles. The number of ether oxygens (including phenoxy) is 1. The Morgan fingerprint density at radius 1 is 1.57 bits per heavy atom. The summed E-state index contributed by atoms with van der Waals surface area (Å²) in [4.78, 5) is 13.3. The number of rotatable bonds is 2. The van der Waals surface area contributed by atoms with Gasteiger partial charge >= 0.3 is 6.09 Å². The Hall–Kier alpha value is -0.730. The van der Waals surface area contributed by atoms with Gasteiger partial charge in [0.1, 0.15) is 0 Å². The zero-order chi connectivity index (χ0) is 10.8. The number of amides is 1. The van der Waals surface area contributed by atoms with Gasteiger partial charge in [0.2, 0.25) is 0 Å². The van der Waals surface area contributed by atoms with Crippen molar-refractivity contribution in [2.75, 3.05) is 19.7 Å². The van der Waals surface area contributed by atoms with E-state index in [1.54, 1.807) is 0 Å². The van der Waals surface area contributed by atoms with E-state index in [2.05, 4.69) is 20.8 Å². The predicted molar refractivity (Wildman–Crippen MR) is 56.2 cm³/mol. The van der Waals surface area contributed by atoms with Gasteiger partial charge in [0.25, 0.3) is 0 Å². The highest BCUT2D eigenvalue weighted by atomic mass is 16.6. The van der Waals surface area contributed by atoms with Crippen molar-refractivity contribution in [3.05, 3.63) is 0 Å². The summed E-state index contributed by atoms with van der Waals surface area (Å²) in [6.45, 7) is 10.7. The summed E-state index contributed by atoms with van der Waals surface area (Å²) in [7, 11) is 0. The van der Waals surface area contributed by atoms with Gasteiger partial charge in [0.05, 0.1) is 6.61 Å². The zero-order valence-electron chi connectivity index (χ0n) is 9.67. The van der Waals surface area contributed by atoms with Gasteiger partial charge < -0.3 is 9.64 Å². The zero-order valence-corrected chi connectivity index (χ0v) is 9.67. The maximum atomic E-state index is 11.5. The summed E-state index contributed by atoms with van der Waals surface area (Å²) >= 11 is 0. The number of carbonyl (C=O) groups excluding carboxylic acids is 1. The molecule has 82 valence electrons. The van der Waals surface area contributed by atoms with Crippen LogP contribution >= 0.6 is 0 Å². The molecule has 14 heavy (non-hydrogen) atoms. The second-order valence-corrected chi connectivity index (χ2v) is 4.68. The minimum Gasteiger partial charge on any atom is -0.450 e. The van der Waals surface area contributed by atoms with Crippen LogP contribution in [0.4, 0.5) is 4.79 Å². The van der Waals surface area contributed by atoms with Crippen LogP contribution in [0.3, 0.4) is 0 Å². The molecule has 0 N–H and O–H groups in total. The molecule has 3 nitrogen and oxygen atoms in total. The van der Waals surface area contributed by atoms with Crippen molar-refractivity contribution >= 4 is 6.09 Å². The quantitative estimate of drug-likeness (QED) is 0.684. The molecule has 0 spiro atoms. The lowest BCUT2D eigenvalue weighted by atomic mass is 9.79. The van der Waals surface area contributed by atoms with Crippen LogP contribution in [0.1, 0.15) is 34.1 Å². The Balaban J connectivity index is 2.52. The van der Waals surface area contributed by atoms with Gasteiger partial charge in [-0.2, -0.15) is 0 Å². The van der Waals surface area contributed by atoms with Gasteiger partial charge in [-0.1, -0.05) is 20.8 Å². The predicted octanol–water partition coefficient (Wildman–Crippen LogP) is 2.51. The van der Waals surface area contributed by atoms with Crippen LogP contribution in [0.15, 0.2) is 0 Å². The summed E-state index contributed by atoms with van der Waals surface area (Å²) in [5.74, 6) is 0.613. The van der Waals surface area contributed by atoms with E-state index in [9.17, 15) is 4.79 Å². The molecule has 1 atom stereocenters. The van der Waals surface area contributed by atoms with Gasteiger partial charge in [-0.15, -0.1) is 0 Å². The van der Waals surface area contributed by atoms with E-state index >= 15 is 0 Å². The molecule has 1 aliphatic heterocycles. The standard InChI is InChI=1S/C11H21NO2/c1-5-14-10(13)12-7-6-11(4,8-12)9(2)3/h9H,5-8H2,1-4H3. The van der Waals surface area contributed by atoms with Crippen LogP contribution in [0, 0.1) is 11.3 Å². The minimum absolute atomic E-state index is 0.156. The van der Waals surface area contributed by atoms with Crippen LogP contribution in [0.2, 0.25) is 0 Å². The van der Waals surface area contributed by atoms with E-state index < -0.39 is 0 Å². The highest BCUT2D eigenvalue weighted by Crippen LogP contribution is 2.37. The highest BCUT2D eigenvalue weighted by Gasteiger charge is 2.38. The first kappa shape index (κ1) is 11.3. The molecule has 0 aliphatic carbocycles. The molecule has 3 heteroatoms. The normalized spacial score (nSPS) is 27.1. The first-order valence-corrected chi connectivity index (χ1v) is 5.41. The Morgan fingerprint density at radius 3 is 2.64 bits per heavy atom. The van der Waals surface area contributed by atoms with Crippen LogP contribution < -0.4 is 0 Å². The van der Waals surface area contributed by atoms with Crippen molar-refractivity contribution in [3.63, 3.8) is 0 Å². The molecule has 0 aromatic rings. The van der Waals surface area contributed by atoms with Gasteiger partial charge in [0, 0.05) is 13.1 Å². The molecular formula is C11H21NO2. The monoisotopic (exact) mass is 199 g/mol. The second kappa shape index (κ2) is 4.20. The molecule has 1 saturated heterocycles. The number of nitrogens with zero attached hydrogens (tertiary/aromatic N) is 1. The van der Waals surface area contributed by atoms with Crippen LogP contribution in [0.5, 0.6) is 0 Å². The molecule has 0 saturated carbocycles. The lowest BCUT2D eigenvalue weighted by molar-refractivity contribution is 0.108. The maximum absolute atomic E-state index is 11.5. The lowest BCUT2D eigenvalue weighted by Crippen LogP contribution is -2.33. The van der Waals surface area contributed by atoms with Crippen molar-refractivity contribution in [2.45, 2.75) is 34.1 Å². The smallest absolute Gasteiger partial charge is 0.409 e. The van der Waals surface area contributed by atoms with Crippen molar-refractivity contribution in [3.8, 4) is 0 Å². The number of likely N-dealkylation sites (tertiary alicyclic amines) is 1. The molecule has 1 aliphatic rings. The third-order valence-corrected chi connectivity index (χ3v) is 3.42. The first-order chi connectivity index (χ1) is 6.49. The molecule has 0 radical (unpaired) electrons. The van der Waals surface area contributed by atoms with Gasteiger partial charge in [-0.3, -0.25) is 0 Å². The maximum Gasteiger partial charge on any atom is 0.409 e. The average molecular weight is 199 g/mol. The van der Waals surface area contributed by atoms with E-state index in [0.717, 1.165) is 19.5 Å². The fraction of sp³-hybridized carbons (Fsp3) is 0.909. The molecule has 0 bridgehead atoms. The summed E-state index contributed by atoms with van der Waals surface area (Å²) in [6.07, 6.45) is 0.931. The summed E-state index contributed by atoms with van der Waals surface area (Å²) < 4.78 is 4.99. The van der Waals surface area contributed by atoms with E-state index in [0.29, 0.717) is 12.5 Å². The van der Waals surface area contributed by atoms with Crippen LogP contribution in [-0.4, -0.2) is 30.7 Å². The molecule has 1 unspecified atom stereocenters. The van der Waals surface area contributed by atoms with E-state index in [-0.39, 0.29) is 11.5 Å². The minimum atomic E-state index is -0.156. The van der Waals surface area contributed by atoms with Crippen LogP contribution in [0.25, 0.3) is 0 Å². The largest absolute Gasteiger partial charge is 0.450 e. The number of hydrogen-bond acceptors (Lipinski definition) is 2. The van der Waals surface area contributed by atoms with E-state index in [1.807, 2.05) is 11.8 Å². The van der Waals surface area contributed by atoms with Gasteiger partial charge in [0.15, 0.2) is 0 Å². The third-order valence-electron chi connectivity index (χ3n) is 3.42. The first-order valence-electron chi connectivity index (χ1n) is 5.41. The van der Waals surface area contributed by atoms with E-state index in [4.69, 9.17) is 4.74 Å². The van der Waals surface area contributed by atoms with E-state index in [1.165, 1.54) is 0 Å². The highest BCUT2D eigenvalue weighted by molar-refractivity contribution is 5.68. The Bertz CT molecular complexity index is 215. The molecule has 1 fully saturated rings. The second-order valence-electron chi connectivity index (χ2n) is 4.68. The average Bonchev–Trinajstić information content (AvgIpc) is 2.50. The molecule has 1 amide bonds. The van der Waals surface area contributed by atoms with Crippen LogP contribution in [-0.2, 0) is 4.74 Å². The van der Waals surface area contributed by atoms with Crippen molar-refractivity contribution in [1.29, 1.82) is 0 Å². The number of hydrogen-bond donors (Lipinski definition) is 0. The molecule has 0 aromatic heterocycles. The van der Waals surface area contributed by atoms with Gasteiger partial charge in [-0.05, 0) is 24.7 Å². The van der Waals surface area contributed by atoms with Crippen molar-refractivity contribution in [2.24, 2.45) is 11.3 Å². The molecular weight excluding hydrogens is 178 g/mol. The summed E-state index contributed by atoms with van der Waals surface area (Å²) in [5.41, 5.74) is 0.271. The Kier molecular flexibility index (Phi) is 3.40. The topological polar surface area (TPSA) is 29.5 Å². The fourth-order valence-electron chi connectivity index (χ4n) is 1.83. The third kappa shape index (κ3) is 2.20. The number of carbonyl (C=O) groups is 1. The van der Waals surface area contributed by atoms with Crippen molar-refractivity contribution in [1.82, 2.24) is 4.90 Å².